The lowest BCUT2D eigenvalue weighted by molar-refractivity contribution is -0.140. The van der Waals surface area contributed by atoms with E-state index in [2.05, 4.69) is 11.6 Å². The topological polar surface area (TPSA) is 64.6 Å². The van der Waals surface area contributed by atoms with Crippen LogP contribution < -0.4 is 4.72 Å². The van der Waals surface area contributed by atoms with Gasteiger partial charge in [-0.25, -0.2) is 4.79 Å². The Kier molecular flexibility index (Phi) is 10.9. The molecule has 1 saturated carbocycles. The highest BCUT2D eigenvalue weighted by Crippen LogP contribution is 2.30. The normalized spacial score (nSPS) is 16.6. The van der Waals surface area contributed by atoms with Crippen LogP contribution in [0.15, 0.2) is 0 Å². The third kappa shape index (κ3) is 9.08. The predicted molar refractivity (Wildman–Crippen MR) is 93.2 cm³/mol. The van der Waals surface area contributed by atoms with Gasteiger partial charge in [0, 0.05) is 0 Å². The van der Waals surface area contributed by atoms with E-state index in [0.717, 1.165) is 56.9 Å². The fourth-order valence-electron chi connectivity index (χ4n) is 2.89. The molecular weight excluding hydrogens is 314 g/mol. The molecule has 1 aliphatic carbocycles. The lowest BCUT2D eigenvalue weighted by Gasteiger charge is -2.24. The molecule has 1 rings (SSSR count). The van der Waals surface area contributed by atoms with Gasteiger partial charge in [-0.2, -0.15) is 0 Å². The van der Waals surface area contributed by atoms with E-state index in [-0.39, 0.29) is 11.2 Å². The van der Waals surface area contributed by atoms with Crippen molar-refractivity contribution in [1.82, 2.24) is 4.72 Å². The molecule has 0 aliphatic heterocycles. The molecule has 0 aromatic rings. The van der Waals surface area contributed by atoms with Crippen LogP contribution in [0.2, 0.25) is 0 Å². The monoisotopic (exact) mass is 345 g/mol. The summed E-state index contributed by atoms with van der Waals surface area (Å²) in [7, 11) is 1.39. The molecule has 5 nitrogen and oxygen atoms in total. The van der Waals surface area contributed by atoms with Crippen LogP contribution in [-0.4, -0.2) is 31.0 Å². The molecule has 0 saturated heterocycles. The van der Waals surface area contributed by atoms with Gasteiger partial charge in [0.2, 0.25) is 0 Å². The molecule has 1 atom stereocenters. The molecule has 6 heteroatoms. The van der Waals surface area contributed by atoms with Gasteiger partial charge < -0.3 is 9.47 Å². The Morgan fingerprint density at radius 1 is 1.17 bits per heavy atom. The number of carbonyl (C=O) groups is 2. The Hall–Kier alpha value is -0.910. The summed E-state index contributed by atoms with van der Waals surface area (Å²) in [6, 6.07) is 0. The number of hydrogen-bond donors (Lipinski definition) is 1. The van der Waals surface area contributed by atoms with Crippen LogP contribution in [0.4, 0.5) is 4.79 Å². The highest BCUT2D eigenvalue weighted by molar-refractivity contribution is 7.99. The van der Waals surface area contributed by atoms with Crippen molar-refractivity contribution in [2.24, 2.45) is 5.92 Å². The Morgan fingerprint density at radius 2 is 1.91 bits per heavy atom. The second kappa shape index (κ2) is 12.5. The third-order valence-corrected chi connectivity index (χ3v) is 5.21. The summed E-state index contributed by atoms with van der Waals surface area (Å²) in [5, 5.41) is -0.351. The molecule has 1 aliphatic rings. The number of carbonyl (C=O) groups excluding carboxylic acids is 2. The Labute approximate surface area is 144 Å². The smallest absolute Gasteiger partial charge is 0.417 e. The molecule has 1 fully saturated rings. The summed E-state index contributed by atoms with van der Waals surface area (Å²) >= 11 is 1.13. The van der Waals surface area contributed by atoms with Gasteiger partial charge >= 0.3 is 12.1 Å². The molecule has 134 valence electrons. The SMILES string of the molecule is CCCCCCOC(=O)NS[C@@H](CC1CCCCC1)C(=O)OC. The second-order valence-corrected chi connectivity index (χ2v) is 7.18. The molecule has 23 heavy (non-hydrogen) atoms. The van der Waals surface area contributed by atoms with E-state index in [4.69, 9.17) is 9.47 Å². The van der Waals surface area contributed by atoms with Crippen molar-refractivity contribution in [2.75, 3.05) is 13.7 Å². The van der Waals surface area contributed by atoms with Crippen LogP contribution in [0.1, 0.15) is 71.1 Å². The van der Waals surface area contributed by atoms with Crippen molar-refractivity contribution in [3.8, 4) is 0 Å². The van der Waals surface area contributed by atoms with Crippen LogP contribution in [-0.2, 0) is 14.3 Å². The summed E-state index contributed by atoms with van der Waals surface area (Å²) in [5.74, 6) is 0.274. The van der Waals surface area contributed by atoms with Gasteiger partial charge in [-0.05, 0) is 30.7 Å². The number of rotatable bonds is 10. The first kappa shape index (κ1) is 20.1. The average molecular weight is 346 g/mol. The van der Waals surface area contributed by atoms with Gasteiger partial charge in [0.1, 0.15) is 5.25 Å². The van der Waals surface area contributed by atoms with Gasteiger partial charge in [-0.3, -0.25) is 9.52 Å². The Morgan fingerprint density at radius 3 is 2.57 bits per heavy atom. The number of methoxy groups -OCH3 is 1. The second-order valence-electron chi connectivity index (χ2n) is 6.17. The molecule has 0 bridgehead atoms. The van der Waals surface area contributed by atoms with E-state index in [1.54, 1.807) is 0 Å². The largest absolute Gasteiger partial charge is 0.468 e. The zero-order valence-electron chi connectivity index (χ0n) is 14.5. The fourth-order valence-corrected chi connectivity index (χ4v) is 3.75. The van der Waals surface area contributed by atoms with Crippen molar-refractivity contribution in [3.05, 3.63) is 0 Å². The first-order valence-corrected chi connectivity index (χ1v) is 9.71. The van der Waals surface area contributed by atoms with Crippen molar-refractivity contribution in [2.45, 2.75) is 76.4 Å². The lowest BCUT2D eigenvalue weighted by atomic mass is 9.86. The first-order valence-electron chi connectivity index (χ1n) is 8.83. The summed E-state index contributed by atoms with van der Waals surface area (Å²) in [4.78, 5) is 23.6. The van der Waals surface area contributed by atoms with E-state index in [0.29, 0.717) is 12.5 Å². The summed E-state index contributed by atoms with van der Waals surface area (Å²) in [6.07, 6.45) is 10.6. The van der Waals surface area contributed by atoms with Gasteiger partial charge in [0.05, 0.1) is 13.7 Å². The quantitative estimate of drug-likeness (QED) is 0.360. The van der Waals surface area contributed by atoms with Gasteiger partial charge in [0.15, 0.2) is 0 Å². The van der Waals surface area contributed by atoms with E-state index in [1.807, 2.05) is 0 Å². The highest BCUT2D eigenvalue weighted by atomic mass is 32.2. The standard InChI is InChI=1S/C17H31NO4S/c1-3-4-5-9-12-22-17(20)18-23-15(16(19)21-2)13-14-10-7-6-8-11-14/h14-15H,3-13H2,1-2H3,(H,18,20)/t15-/m0/s1. The third-order valence-electron chi connectivity index (χ3n) is 4.25. The summed E-state index contributed by atoms with van der Waals surface area (Å²) in [6.45, 7) is 2.57. The molecule has 1 amide bonds. The van der Waals surface area contributed by atoms with Crippen molar-refractivity contribution in [3.63, 3.8) is 0 Å². The highest BCUT2D eigenvalue weighted by Gasteiger charge is 2.26. The number of hydrogen-bond acceptors (Lipinski definition) is 5. The molecule has 0 spiro atoms. The Bertz CT molecular complexity index is 345. The van der Waals surface area contributed by atoms with Crippen LogP contribution in [0.5, 0.6) is 0 Å². The van der Waals surface area contributed by atoms with Crippen LogP contribution in [0, 0.1) is 5.92 Å². The van der Waals surface area contributed by atoms with Gasteiger partial charge in [0.25, 0.3) is 0 Å². The predicted octanol–water partition coefficient (Wildman–Crippen LogP) is 4.45. The van der Waals surface area contributed by atoms with Crippen LogP contribution in [0.25, 0.3) is 0 Å². The lowest BCUT2D eigenvalue weighted by Crippen LogP contribution is -2.29. The molecule has 0 aromatic carbocycles. The molecule has 0 aromatic heterocycles. The molecule has 1 N–H and O–H groups in total. The van der Waals surface area contributed by atoms with Crippen molar-refractivity contribution in [1.29, 1.82) is 0 Å². The molecule has 0 radical (unpaired) electrons. The molecule has 0 unspecified atom stereocenters. The minimum Gasteiger partial charge on any atom is -0.468 e. The molecule has 0 heterocycles. The number of nitrogens with one attached hydrogen (secondary N) is 1. The van der Waals surface area contributed by atoms with E-state index < -0.39 is 6.09 Å². The van der Waals surface area contributed by atoms with E-state index >= 15 is 0 Å². The van der Waals surface area contributed by atoms with E-state index in [9.17, 15) is 9.59 Å². The number of amides is 1. The first-order chi connectivity index (χ1) is 11.2. The maximum Gasteiger partial charge on any atom is 0.417 e. The Balaban J connectivity index is 2.26. The number of ether oxygens (including phenoxy) is 2. The zero-order chi connectivity index (χ0) is 16.9. The minimum absolute atomic E-state index is 0.274. The van der Waals surface area contributed by atoms with Crippen molar-refractivity contribution < 1.29 is 19.1 Å². The van der Waals surface area contributed by atoms with E-state index in [1.165, 1.54) is 26.4 Å². The fraction of sp³-hybridized carbons (Fsp3) is 0.882. The minimum atomic E-state index is -0.468. The number of unbranched alkanes of at least 4 members (excludes halogenated alkanes) is 3. The maximum atomic E-state index is 11.9. The van der Waals surface area contributed by atoms with Crippen LogP contribution in [0.3, 0.4) is 0 Å². The van der Waals surface area contributed by atoms with Crippen LogP contribution >= 0.6 is 11.9 Å². The van der Waals surface area contributed by atoms with Crippen molar-refractivity contribution >= 4 is 24.0 Å². The number of esters is 1. The maximum absolute atomic E-state index is 11.9. The molecular formula is C17H31NO4S. The summed E-state index contributed by atoms with van der Waals surface area (Å²) in [5.41, 5.74) is 0. The summed E-state index contributed by atoms with van der Waals surface area (Å²) < 4.78 is 12.6. The average Bonchev–Trinajstić information content (AvgIpc) is 2.58. The van der Waals surface area contributed by atoms with Gasteiger partial charge in [-0.1, -0.05) is 58.3 Å². The zero-order valence-corrected chi connectivity index (χ0v) is 15.3. The van der Waals surface area contributed by atoms with Gasteiger partial charge in [-0.15, -0.1) is 0 Å².